The molecule has 4 heteroatoms. The number of aliphatic hydroxyl groups is 1. The molecule has 0 saturated carbocycles. The smallest absolute Gasteiger partial charge is 0.237 e. The van der Waals surface area contributed by atoms with E-state index in [-0.39, 0.29) is 12.5 Å². The monoisotopic (exact) mass is 264 g/mol. The number of carbonyl (C=O) groups excluding carboxylic acids is 1. The van der Waals surface area contributed by atoms with E-state index in [4.69, 9.17) is 10.8 Å². The Labute approximate surface area is 115 Å². The van der Waals surface area contributed by atoms with Crippen LogP contribution in [0.4, 0.5) is 0 Å². The van der Waals surface area contributed by atoms with Gasteiger partial charge in [0.2, 0.25) is 5.91 Å². The SMILES string of the molecule is CCC(CCO)CNC(=O)[C@H](N)Cc1ccccc1. The second kappa shape index (κ2) is 8.67. The second-order valence-corrected chi connectivity index (χ2v) is 4.83. The summed E-state index contributed by atoms with van der Waals surface area (Å²) in [6.07, 6.45) is 2.20. The van der Waals surface area contributed by atoms with Crippen molar-refractivity contribution in [3.05, 3.63) is 35.9 Å². The lowest BCUT2D eigenvalue weighted by Gasteiger charge is -2.17. The van der Waals surface area contributed by atoms with Crippen molar-refractivity contribution in [2.75, 3.05) is 13.2 Å². The van der Waals surface area contributed by atoms with Crippen LogP contribution < -0.4 is 11.1 Å². The lowest BCUT2D eigenvalue weighted by atomic mass is 10.0. The van der Waals surface area contributed by atoms with Crippen molar-refractivity contribution < 1.29 is 9.90 Å². The van der Waals surface area contributed by atoms with E-state index >= 15 is 0 Å². The Morgan fingerprint density at radius 2 is 2.05 bits per heavy atom. The summed E-state index contributed by atoms with van der Waals surface area (Å²) >= 11 is 0. The normalized spacial score (nSPS) is 13.8. The van der Waals surface area contributed by atoms with Gasteiger partial charge in [0.25, 0.3) is 0 Å². The van der Waals surface area contributed by atoms with Crippen LogP contribution in [0.25, 0.3) is 0 Å². The average molecular weight is 264 g/mol. The van der Waals surface area contributed by atoms with Crippen molar-refractivity contribution in [3.63, 3.8) is 0 Å². The summed E-state index contributed by atoms with van der Waals surface area (Å²) in [5.74, 6) is 0.193. The molecule has 106 valence electrons. The Bertz CT molecular complexity index is 368. The van der Waals surface area contributed by atoms with E-state index < -0.39 is 6.04 Å². The molecule has 2 atom stereocenters. The Morgan fingerprint density at radius 1 is 1.37 bits per heavy atom. The molecule has 1 amide bonds. The van der Waals surface area contributed by atoms with Crippen LogP contribution in [0.1, 0.15) is 25.3 Å². The molecule has 1 aromatic carbocycles. The van der Waals surface area contributed by atoms with Crippen molar-refractivity contribution in [2.24, 2.45) is 11.7 Å². The highest BCUT2D eigenvalue weighted by Crippen LogP contribution is 2.06. The fourth-order valence-corrected chi connectivity index (χ4v) is 1.97. The number of rotatable bonds is 8. The van der Waals surface area contributed by atoms with Gasteiger partial charge in [-0.3, -0.25) is 4.79 Å². The summed E-state index contributed by atoms with van der Waals surface area (Å²) in [6, 6.07) is 9.23. The van der Waals surface area contributed by atoms with Crippen LogP contribution in [-0.4, -0.2) is 30.2 Å². The maximum Gasteiger partial charge on any atom is 0.237 e. The summed E-state index contributed by atoms with van der Waals surface area (Å²) in [4.78, 5) is 11.9. The van der Waals surface area contributed by atoms with Gasteiger partial charge in [-0.05, 0) is 24.3 Å². The molecule has 0 radical (unpaired) electrons. The van der Waals surface area contributed by atoms with Crippen molar-refractivity contribution >= 4 is 5.91 Å². The van der Waals surface area contributed by atoms with Gasteiger partial charge >= 0.3 is 0 Å². The first-order valence-electron chi connectivity index (χ1n) is 6.85. The molecule has 0 heterocycles. The van der Waals surface area contributed by atoms with Gasteiger partial charge < -0.3 is 16.2 Å². The first-order valence-corrected chi connectivity index (χ1v) is 6.85. The van der Waals surface area contributed by atoms with Crippen LogP contribution in [0.2, 0.25) is 0 Å². The Balaban J connectivity index is 2.36. The number of carbonyl (C=O) groups is 1. The Hall–Kier alpha value is -1.39. The summed E-state index contributed by atoms with van der Waals surface area (Å²) in [6.45, 7) is 2.79. The first kappa shape index (κ1) is 15.7. The van der Waals surface area contributed by atoms with Gasteiger partial charge in [-0.2, -0.15) is 0 Å². The van der Waals surface area contributed by atoms with Crippen LogP contribution in [0.5, 0.6) is 0 Å². The van der Waals surface area contributed by atoms with E-state index in [1.54, 1.807) is 0 Å². The number of nitrogens with two attached hydrogens (primary N) is 1. The van der Waals surface area contributed by atoms with Gasteiger partial charge in [0.05, 0.1) is 6.04 Å². The molecule has 4 N–H and O–H groups in total. The van der Waals surface area contributed by atoms with Crippen molar-refractivity contribution in [3.8, 4) is 0 Å². The third kappa shape index (κ3) is 5.85. The van der Waals surface area contributed by atoms with Gasteiger partial charge in [-0.15, -0.1) is 0 Å². The Kier molecular flexibility index (Phi) is 7.15. The fraction of sp³-hybridized carbons (Fsp3) is 0.533. The Morgan fingerprint density at radius 3 is 2.63 bits per heavy atom. The molecule has 1 rings (SSSR count). The number of hydrogen-bond donors (Lipinski definition) is 3. The van der Waals surface area contributed by atoms with Crippen molar-refractivity contribution in [1.82, 2.24) is 5.32 Å². The molecule has 0 saturated heterocycles. The van der Waals surface area contributed by atoms with Gasteiger partial charge in [0.15, 0.2) is 0 Å². The van der Waals surface area contributed by atoms with Crippen LogP contribution in [-0.2, 0) is 11.2 Å². The van der Waals surface area contributed by atoms with Crippen LogP contribution in [0.3, 0.4) is 0 Å². The van der Waals surface area contributed by atoms with Crippen LogP contribution in [0, 0.1) is 5.92 Å². The van der Waals surface area contributed by atoms with E-state index in [0.29, 0.717) is 25.3 Å². The lowest BCUT2D eigenvalue weighted by molar-refractivity contribution is -0.122. The third-order valence-electron chi connectivity index (χ3n) is 3.31. The minimum Gasteiger partial charge on any atom is -0.396 e. The predicted molar refractivity (Wildman–Crippen MR) is 76.6 cm³/mol. The summed E-state index contributed by atoms with van der Waals surface area (Å²) in [7, 11) is 0. The van der Waals surface area contributed by atoms with Crippen molar-refractivity contribution in [2.45, 2.75) is 32.2 Å². The molecule has 0 bridgehead atoms. The van der Waals surface area contributed by atoms with E-state index in [2.05, 4.69) is 12.2 Å². The molecule has 0 aromatic heterocycles. The van der Waals surface area contributed by atoms with Gasteiger partial charge in [0, 0.05) is 13.2 Å². The molecule has 0 aliphatic rings. The maximum atomic E-state index is 11.9. The number of hydrogen-bond acceptors (Lipinski definition) is 3. The molecular formula is C15H24N2O2. The quantitative estimate of drug-likeness (QED) is 0.657. The largest absolute Gasteiger partial charge is 0.396 e. The minimum atomic E-state index is -0.519. The second-order valence-electron chi connectivity index (χ2n) is 4.83. The molecular weight excluding hydrogens is 240 g/mol. The maximum absolute atomic E-state index is 11.9. The standard InChI is InChI=1S/C15H24N2O2/c1-2-12(8-9-18)11-17-15(19)14(16)10-13-6-4-3-5-7-13/h3-7,12,14,18H,2,8-11,16H2,1H3,(H,17,19)/t12?,14-/m1/s1. The molecule has 1 aromatic rings. The van der Waals surface area contributed by atoms with Gasteiger partial charge in [0.1, 0.15) is 0 Å². The minimum absolute atomic E-state index is 0.125. The van der Waals surface area contributed by atoms with E-state index in [9.17, 15) is 4.79 Å². The molecule has 0 fully saturated rings. The molecule has 0 spiro atoms. The molecule has 0 aliphatic heterocycles. The number of nitrogens with one attached hydrogen (secondary N) is 1. The predicted octanol–water partition coefficient (Wildman–Crippen LogP) is 1.08. The molecule has 0 aliphatic carbocycles. The number of amides is 1. The zero-order valence-electron chi connectivity index (χ0n) is 11.5. The summed E-state index contributed by atoms with van der Waals surface area (Å²) in [5.41, 5.74) is 6.95. The number of aliphatic hydroxyl groups excluding tert-OH is 1. The molecule has 4 nitrogen and oxygen atoms in total. The van der Waals surface area contributed by atoms with Gasteiger partial charge in [-0.25, -0.2) is 0 Å². The average Bonchev–Trinajstić information content (AvgIpc) is 2.44. The zero-order chi connectivity index (χ0) is 14.1. The highest BCUT2D eigenvalue weighted by atomic mass is 16.3. The van der Waals surface area contributed by atoms with Crippen LogP contribution in [0.15, 0.2) is 30.3 Å². The van der Waals surface area contributed by atoms with E-state index in [0.717, 1.165) is 12.0 Å². The zero-order valence-corrected chi connectivity index (χ0v) is 11.5. The molecule has 1 unspecified atom stereocenters. The third-order valence-corrected chi connectivity index (χ3v) is 3.31. The fourth-order valence-electron chi connectivity index (χ4n) is 1.97. The first-order chi connectivity index (χ1) is 9.17. The molecule has 19 heavy (non-hydrogen) atoms. The van der Waals surface area contributed by atoms with Crippen LogP contribution >= 0.6 is 0 Å². The summed E-state index contributed by atoms with van der Waals surface area (Å²) < 4.78 is 0. The topological polar surface area (TPSA) is 75.3 Å². The highest BCUT2D eigenvalue weighted by molar-refractivity contribution is 5.81. The lowest BCUT2D eigenvalue weighted by Crippen LogP contribution is -2.43. The highest BCUT2D eigenvalue weighted by Gasteiger charge is 2.15. The van der Waals surface area contributed by atoms with Gasteiger partial charge in [-0.1, -0.05) is 43.7 Å². The van der Waals surface area contributed by atoms with E-state index in [1.807, 2.05) is 30.3 Å². The van der Waals surface area contributed by atoms with Crippen molar-refractivity contribution in [1.29, 1.82) is 0 Å². The summed E-state index contributed by atoms with van der Waals surface area (Å²) in [5, 5.41) is 11.8. The van der Waals surface area contributed by atoms with E-state index in [1.165, 1.54) is 0 Å². The number of benzene rings is 1.